The average Bonchev–Trinajstić information content (AvgIpc) is 3.09. The van der Waals surface area contributed by atoms with Gasteiger partial charge in [-0.05, 0) is 25.0 Å². The Morgan fingerprint density at radius 1 is 1.20 bits per heavy atom. The van der Waals surface area contributed by atoms with E-state index in [-0.39, 0.29) is 17.1 Å². The van der Waals surface area contributed by atoms with Gasteiger partial charge < -0.3 is 19.5 Å². The van der Waals surface area contributed by atoms with E-state index >= 15 is 0 Å². The molecule has 0 radical (unpaired) electrons. The second-order valence-corrected chi connectivity index (χ2v) is 8.07. The highest BCUT2D eigenvalue weighted by Crippen LogP contribution is 2.32. The number of likely N-dealkylation sites (tertiary alicyclic amines) is 1. The van der Waals surface area contributed by atoms with Crippen molar-refractivity contribution in [1.29, 1.82) is 0 Å². The highest BCUT2D eigenvalue weighted by Gasteiger charge is 2.34. The molecule has 1 aromatic rings. The molecule has 9 heteroatoms. The Hall–Kier alpha value is -2.29. The van der Waals surface area contributed by atoms with Gasteiger partial charge in [-0.15, -0.1) is 0 Å². The monoisotopic (exact) mass is 369 g/mol. The van der Waals surface area contributed by atoms with Crippen molar-refractivity contribution in [3.8, 4) is 11.5 Å². The molecule has 2 aliphatic heterocycles. The normalized spacial score (nSPS) is 19.7. The zero-order valence-corrected chi connectivity index (χ0v) is 14.3. The third kappa shape index (κ3) is 3.71. The van der Waals surface area contributed by atoms with Crippen molar-refractivity contribution in [3.63, 3.8) is 0 Å². The van der Waals surface area contributed by atoms with Gasteiger partial charge in [0.1, 0.15) is 19.3 Å². The second kappa shape index (κ2) is 6.91. The minimum Gasteiger partial charge on any atom is -0.486 e. The minimum absolute atomic E-state index is 0.0563. The van der Waals surface area contributed by atoms with Gasteiger partial charge in [0.15, 0.2) is 21.3 Å². The zero-order chi connectivity index (χ0) is 18.0. The molecular weight excluding hydrogens is 350 g/mol. The Morgan fingerprint density at radius 3 is 2.64 bits per heavy atom. The van der Waals surface area contributed by atoms with Crippen LogP contribution in [0.15, 0.2) is 23.1 Å². The zero-order valence-electron chi connectivity index (χ0n) is 13.5. The van der Waals surface area contributed by atoms with Crippen LogP contribution in [0.1, 0.15) is 19.3 Å². The lowest BCUT2D eigenvalue weighted by atomic mass is 10.2. The lowest BCUT2D eigenvalue weighted by Gasteiger charge is -2.21. The van der Waals surface area contributed by atoms with E-state index in [2.05, 4.69) is 0 Å². The first-order chi connectivity index (χ1) is 11.9. The van der Waals surface area contributed by atoms with E-state index in [1.807, 2.05) is 0 Å². The summed E-state index contributed by atoms with van der Waals surface area (Å²) in [6.45, 7) is 1.11. The molecule has 1 unspecified atom stereocenters. The first-order valence-corrected chi connectivity index (χ1v) is 9.68. The number of hydrogen-bond acceptors (Lipinski definition) is 6. The molecule has 0 aliphatic carbocycles. The first-order valence-electron chi connectivity index (χ1n) is 8.03. The van der Waals surface area contributed by atoms with Gasteiger partial charge in [0, 0.05) is 19.0 Å². The first kappa shape index (κ1) is 17.5. The summed E-state index contributed by atoms with van der Waals surface area (Å²) >= 11 is 0. The number of rotatable bonds is 5. The van der Waals surface area contributed by atoms with Crippen LogP contribution in [0.2, 0.25) is 0 Å². The summed E-state index contributed by atoms with van der Waals surface area (Å²) in [4.78, 5) is 24.7. The Morgan fingerprint density at radius 2 is 1.92 bits per heavy atom. The molecule has 1 amide bonds. The number of amides is 1. The summed E-state index contributed by atoms with van der Waals surface area (Å²) < 4.78 is 35.7. The van der Waals surface area contributed by atoms with Crippen molar-refractivity contribution in [1.82, 2.24) is 4.90 Å². The van der Waals surface area contributed by atoms with E-state index in [1.165, 1.54) is 23.1 Å². The molecule has 0 saturated carbocycles. The highest BCUT2D eigenvalue weighted by molar-refractivity contribution is 7.91. The van der Waals surface area contributed by atoms with Crippen LogP contribution >= 0.6 is 0 Å². The van der Waals surface area contributed by atoms with Gasteiger partial charge in [0.25, 0.3) is 0 Å². The van der Waals surface area contributed by atoms with E-state index in [1.54, 1.807) is 0 Å². The van der Waals surface area contributed by atoms with Gasteiger partial charge in [-0.25, -0.2) is 13.2 Å². The summed E-state index contributed by atoms with van der Waals surface area (Å²) in [7, 11) is -3.69. The number of carbonyl (C=O) groups is 2. The van der Waals surface area contributed by atoms with Crippen molar-refractivity contribution in [2.24, 2.45) is 0 Å². The fourth-order valence-corrected chi connectivity index (χ4v) is 4.26. The van der Waals surface area contributed by atoms with Gasteiger partial charge in [-0.1, -0.05) is 0 Å². The van der Waals surface area contributed by atoms with E-state index in [4.69, 9.17) is 14.6 Å². The molecule has 1 fully saturated rings. The summed E-state index contributed by atoms with van der Waals surface area (Å²) in [5, 5.41) is 9.11. The quantitative estimate of drug-likeness (QED) is 0.813. The van der Waals surface area contributed by atoms with Gasteiger partial charge in [-0.3, -0.25) is 4.79 Å². The fourth-order valence-electron chi connectivity index (χ4n) is 3.02. The number of hydrogen-bond donors (Lipinski definition) is 1. The van der Waals surface area contributed by atoms with Crippen molar-refractivity contribution >= 4 is 21.7 Å². The number of carbonyl (C=O) groups excluding carboxylic acids is 1. The SMILES string of the molecule is O=C(O)C1CCCN1C(=O)CCS(=O)(=O)c1ccc2c(c1)OCCO2. The molecule has 1 saturated heterocycles. The molecule has 25 heavy (non-hydrogen) atoms. The Bertz CT molecular complexity index is 790. The van der Waals surface area contributed by atoms with Crippen LogP contribution in [0, 0.1) is 0 Å². The van der Waals surface area contributed by atoms with E-state index < -0.39 is 27.8 Å². The average molecular weight is 369 g/mol. The lowest BCUT2D eigenvalue weighted by molar-refractivity contribution is -0.148. The molecule has 136 valence electrons. The molecule has 1 aromatic carbocycles. The number of aliphatic carboxylic acids is 1. The Kier molecular flexibility index (Phi) is 4.85. The third-order valence-electron chi connectivity index (χ3n) is 4.32. The highest BCUT2D eigenvalue weighted by atomic mass is 32.2. The molecule has 2 aliphatic rings. The topological polar surface area (TPSA) is 110 Å². The summed E-state index contributed by atoms with van der Waals surface area (Å²) in [5.41, 5.74) is 0. The molecule has 1 atom stereocenters. The Balaban J connectivity index is 1.67. The molecule has 0 aromatic heterocycles. The van der Waals surface area contributed by atoms with Crippen LogP contribution in [0.25, 0.3) is 0 Å². The number of ether oxygens (including phenoxy) is 2. The van der Waals surface area contributed by atoms with Gasteiger partial charge in [0.05, 0.1) is 10.6 Å². The van der Waals surface area contributed by atoms with Gasteiger partial charge >= 0.3 is 5.97 Å². The Labute approximate surface area is 145 Å². The number of benzene rings is 1. The van der Waals surface area contributed by atoms with E-state index in [9.17, 15) is 18.0 Å². The largest absolute Gasteiger partial charge is 0.486 e. The molecular formula is C16H19NO7S. The molecule has 3 rings (SSSR count). The smallest absolute Gasteiger partial charge is 0.326 e. The van der Waals surface area contributed by atoms with Crippen molar-refractivity contribution in [2.75, 3.05) is 25.5 Å². The van der Waals surface area contributed by atoms with Gasteiger partial charge in [0.2, 0.25) is 5.91 Å². The predicted octanol–water partition coefficient (Wildman–Crippen LogP) is 0.697. The standard InChI is InChI=1S/C16H19NO7S/c18-15(17-6-1-2-12(17)16(19)20)5-9-25(21,22)11-3-4-13-14(10-11)24-8-7-23-13/h3-4,10,12H,1-2,5-9H2,(H,19,20). The van der Waals surface area contributed by atoms with Crippen molar-refractivity contribution in [2.45, 2.75) is 30.2 Å². The van der Waals surface area contributed by atoms with Crippen LogP contribution in [-0.4, -0.2) is 61.9 Å². The van der Waals surface area contributed by atoms with Crippen LogP contribution in [0.4, 0.5) is 0 Å². The van der Waals surface area contributed by atoms with Crippen LogP contribution in [0.5, 0.6) is 11.5 Å². The molecule has 2 heterocycles. The van der Waals surface area contributed by atoms with E-state index in [0.717, 1.165) is 0 Å². The number of carboxylic acids is 1. The molecule has 8 nitrogen and oxygen atoms in total. The number of fused-ring (bicyclic) bond motifs is 1. The fraction of sp³-hybridized carbons (Fsp3) is 0.500. The van der Waals surface area contributed by atoms with Gasteiger partial charge in [-0.2, -0.15) is 0 Å². The number of carboxylic acid groups (broad SMARTS) is 1. The predicted molar refractivity (Wildman–Crippen MR) is 86.5 cm³/mol. The summed E-state index contributed by atoms with van der Waals surface area (Å²) in [5.74, 6) is -1.03. The van der Waals surface area contributed by atoms with Crippen LogP contribution in [0.3, 0.4) is 0 Å². The maximum absolute atomic E-state index is 12.5. The van der Waals surface area contributed by atoms with E-state index in [0.29, 0.717) is 44.1 Å². The van der Waals surface area contributed by atoms with Crippen LogP contribution in [-0.2, 0) is 19.4 Å². The molecule has 0 bridgehead atoms. The number of nitrogens with zero attached hydrogens (tertiary/aromatic N) is 1. The van der Waals surface area contributed by atoms with Crippen molar-refractivity contribution < 1.29 is 32.6 Å². The maximum atomic E-state index is 12.5. The molecule has 1 N–H and O–H groups in total. The molecule has 0 spiro atoms. The second-order valence-electron chi connectivity index (χ2n) is 5.96. The number of sulfone groups is 1. The summed E-state index contributed by atoms with van der Waals surface area (Å²) in [6, 6.07) is 3.49. The minimum atomic E-state index is -3.69. The third-order valence-corrected chi connectivity index (χ3v) is 6.03. The maximum Gasteiger partial charge on any atom is 0.326 e. The lowest BCUT2D eigenvalue weighted by Crippen LogP contribution is -2.41. The summed E-state index contributed by atoms with van der Waals surface area (Å²) in [6.07, 6.45) is 0.758. The van der Waals surface area contributed by atoms with Crippen molar-refractivity contribution in [3.05, 3.63) is 18.2 Å². The van der Waals surface area contributed by atoms with Crippen LogP contribution < -0.4 is 9.47 Å².